The van der Waals surface area contributed by atoms with E-state index in [2.05, 4.69) is 10.2 Å². The lowest BCUT2D eigenvalue weighted by atomic mass is 9.89. The second-order valence-electron chi connectivity index (χ2n) is 5.28. The highest BCUT2D eigenvalue weighted by molar-refractivity contribution is 6.15. The van der Waals surface area contributed by atoms with Crippen molar-refractivity contribution in [2.75, 3.05) is 0 Å². The summed E-state index contributed by atoms with van der Waals surface area (Å²) in [6, 6.07) is -0.882. The molecule has 112 valence electrons. The molecule has 2 aliphatic carbocycles. The van der Waals surface area contributed by atoms with Crippen LogP contribution in [0.1, 0.15) is 13.3 Å². The predicted molar refractivity (Wildman–Crippen MR) is 64.6 cm³/mol. The van der Waals surface area contributed by atoms with Crippen molar-refractivity contribution < 1.29 is 29.0 Å². The van der Waals surface area contributed by atoms with Crippen molar-refractivity contribution in [3.63, 3.8) is 0 Å². The average molecular weight is 309 g/mol. The molecule has 6 atom stereocenters. The fraction of sp³-hybridized carbons (Fsp3) is 0.727. The van der Waals surface area contributed by atoms with E-state index in [0.29, 0.717) is 0 Å². The largest absolute Gasteiger partial charge is 0.481 e. The Morgan fingerprint density at radius 3 is 2.40 bits per heavy atom. The Labute approximate surface area is 118 Å². The molecule has 20 heavy (non-hydrogen) atoms. The molecule has 2 aliphatic rings. The molecule has 2 fully saturated rings. The fourth-order valence-corrected chi connectivity index (χ4v) is 3.21. The SMILES string of the molecule is C[C@H](NCl)C(=O)N[C@@]1(C(=O)O)C[C@@H](F)[C@H]2[C@H](C(=O)O)[C@H]21. The van der Waals surface area contributed by atoms with Crippen LogP contribution in [0.5, 0.6) is 0 Å². The van der Waals surface area contributed by atoms with Gasteiger partial charge < -0.3 is 15.5 Å². The van der Waals surface area contributed by atoms with Gasteiger partial charge in [-0.05, 0) is 18.7 Å². The standard InChI is InChI=1S/C11H14ClFN2O5/c1-3(15-12)8(16)14-11(10(19)20)2-4(13)5-6(7(5)11)9(17)18/h3-7,15H,2H2,1H3,(H,14,16)(H,17,18)(H,19,20)/t3-,4+,5-,6-,7-,11-/m0/s1. The molecule has 0 unspecified atom stereocenters. The predicted octanol–water partition coefficient (Wildman–Crippen LogP) is -0.253. The molecule has 0 aromatic rings. The number of alkyl halides is 1. The first-order chi connectivity index (χ1) is 9.26. The van der Waals surface area contributed by atoms with E-state index in [1.165, 1.54) is 6.92 Å². The van der Waals surface area contributed by atoms with Gasteiger partial charge >= 0.3 is 11.9 Å². The summed E-state index contributed by atoms with van der Waals surface area (Å²) in [6.45, 7) is 1.40. The Hall–Kier alpha value is -1.41. The Morgan fingerprint density at radius 1 is 1.40 bits per heavy atom. The number of carboxylic acid groups (broad SMARTS) is 2. The number of carbonyl (C=O) groups excluding carboxylic acids is 1. The molecule has 0 aromatic carbocycles. The van der Waals surface area contributed by atoms with Gasteiger partial charge in [-0.2, -0.15) is 0 Å². The summed E-state index contributed by atoms with van der Waals surface area (Å²) < 4.78 is 13.8. The van der Waals surface area contributed by atoms with Gasteiger partial charge in [0.2, 0.25) is 5.91 Å². The zero-order valence-corrected chi connectivity index (χ0v) is 11.2. The summed E-state index contributed by atoms with van der Waals surface area (Å²) in [6.07, 6.45) is -1.99. The number of rotatable bonds is 5. The van der Waals surface area contributed by atoms with Gasteiger partial charge in [0, 0.05) is 18.3 Å². The van der Waals surface area contributed by atoms with Crippen molar-refractivity contribution in [1.29, 1.82) is 0 Å². The van der Waals surface area contributed by atoms with Crippen molar-refractivity contribution in [1.82, 2.24) is 10.2 Å². The molecule has 2 rings (SSSR count). The van der Waals surface area contributed by atoms with Crippen molar-refractivity contribution in [2.24, 2.45) is 17.8 Å². The van der Waals surface area contributed by atoms with E-state index in [1.807, 2.05) is 0 Å². The molecule has 0 spiro atoms. The Bertz CT molecular complexity index is 476. The van der Waals surface area contributed by atoms with Gasteiger partial charge in [-0.3, -0.25) is 9.59 Å². The third kappa shape index (κ3) is 2.03. The number of hydrogen-bond donors (Lipinski definition) is 4. The van der Waals surface area contributed by atoms with E-state index in [9.17, 15) is 23.9 Å². The monoisotopic (exact) mass is 308 g/mol. The number of carboxylic acids is 2. The minimum Gasteiger partial charge on any atom is -0.481 e. The smallest absolute Gasteiger partial charge is 0.329 e. The van der Waals surface area contributed by atoms with Gasteiger partial charge in [0.1, 0.15) is 11.7 Å². The van der Waals surface area contributed by atoms with E-state index in [0.717, 1.165) is 0 Å². The Kier molecular flexibility index (Phi) is 3.64. The number of halogens is 2. The second-order valence-corrected chi connectivity index (χ2v) is 5.50. The van der Waals surface area contributed by atoms with Gasteiger partial charge in [0.25, 0.3) is 0 Å². The van der Waals surface area contributed by atoms with Crippen LogP contribution in [0, 0.1) is 17.8 Å². The molecule has 2 saturated carbocycles. The average Bonchev–Trinajstić information content (AvgIpc) is 3.06. The highest BCUT2D eigenvalue weighted by Gasteiger charge is 2.76. The van der Waals surface area contributed by atoms with Crippen LogP contribution in [-0.2, 0) is 14.4 Å². The molecule has 4 N–H and O–H groups in total. The summed E-state index contributed by atoms with van der Waals surface area (Å²) in [5.74, 6) is -6.25. The van der Waals surface area contributed by atoms with Crippen LogP contribution >= 0.6 is 11.8 Å². The lowest BCUT2D eigenvalue weighted by molar-refractivity contribution is -0.150. The highest BCUT2D eigenvalue weighted by Crippen LogP contribution is 2.63. The number of fused-ring (bicyclic) bond motifs is 1. The maximum Gasteiger partial charge on any atom is 0.329 e. The minimum atomic E-state index is -1.88. The van der Waals surface area contributed by atoms with Gasteiger partial charge in [-0.25, -0.2) is 14.0 Å². The van der Waals surface area contributed by atoms with Crippen LogP contribution in [-0.4, -0.2) is 45.8 Å². The van der Waals surface area contributed by atoms with Gasteiger partial charge in [0.15, 0.2) is 0 Å². The molecule has 7 nitrogen and oxygen atoms in total. The summed E-state index contributed by atoms with van der Waals surface area (Å²) in [5.41, 5.74) is -1.88. The summed E-state index contributed by atoms with van der Waals surface area (Å²) in [5, 5.41) is 20.6. The Balaban J connectivity index is 2.26. The van der Waals surface area contributed by atoms with Crippen molar-refractivity contribution in [3.8, 4) is 0 Å². The second kappa shape index (κ2) is 4.85. The van der Waals surface area contributed by atoms with Crippen LogP contribution in [0.3, 0.4) is 0 Å². The first kappa shape index (κ1) is 15.0. The molecule has 0 aromatic heterocycles. The maximum atomic E-state index is 13.8. The van der Waals surface area contributed by atoms with E-state index < -0.39 is 59.8 Å². The molecule has 1 amide bonds. The van der Waals surface area contributed by atoms with Crippen LogP contribution in [0.25, 0.3) is 0 Å². The third-order valence-corrected chi connectivity index (χ3v) is 4.48. The first-order valence-electron chi connectivity index (χ1n) is 6.04. The zero-order valence-electron chi connectivity index (χ0n) is 10.5. The van der Waals surface area contributed by atoms with E-state index in [1.54, 1.807) is 0 Å². The fourth-order valence-electron chi connectivity index (χ4n) is 3.11. The normalized spacial score (nSPS) is 39.8. The molecule has 9 heteroatoms. The Morgan fingerprint density at radius 2 is 2.00 bits per heavy atom. The van der Waals surface area contributed by atoms with Crippen molar-refractivity contribution in [3.05, 3.63) is 0 Å². The maximum absolute atomic E-state index is 13.8. The molecule has 0 radical (unpaired) electrons. The van der Waals surface area contributed by atoms with Crippen molar-refractivity contribution in [2.45, 2.75) is 31.1 Å². The van der Waals surface area contributed by atoms with E-state index in [4.69, 9.17) is 16.9 Å². The summed E-state index contributed by atoms with van der Waals surface area (Å²) >= 11 is 5.29. The van der Waals surface area contributed by atoms with Gasteiger partial charge in [0.05, 0.1) is 12.0 Å². The summed E-state index contributed by atoms with van der Waals surface area (Å²) in [7, 11) is 0. The van der Waals surface area contributed by atoms with Crippen LogP contribution in [0.2, 0.25) is 0 Å². The number of amides is 1. The number of hydrogen-bond acceptors (Lipinski definition) is 4. The topological polar surface area (TPSA) is 116 Å². The third-order valence-electron chi connectivity index (χ3n) is 4.15. The van der Waals surface area contributed by atoms with Crippen LogP contribution < -0.4 is 10.2 Å². The summed E-state index contributed by atoms with van der Waals surface area (Å²) in [4.78, 5) is 36.4. The molecule has 0 saturated heterocycles. The van der Waals surface area contributed by atoms with E-state index in [-0.39, 0.29) is 0 Å². The number of carbonyl (C=O) groups is 3. The van der Waals surface area contributed by atoms with Gasteiger partial charge in [-0.15, -0.1) is 0 Å². The number of nitrogens with one attached hydrogen (secondary N) is 2. The first-order valence-corrected chi connectivity index (χ1v) is 6.42. The lowest BCUT2D eigenvalue weighted by Crippen LogP contribution is -2.59. The number of aliphatic carboxylic acids is 2. The highest BCUT2D eigenvalue weighted by atomic mass is 35.5. The minimum absolute atomic E-state index is 0.428. The molecule has 0 aliphatic heterocycles. The molecule has 0 bridgehead atoms. The zero-order chi connectivity index (χ0) is 15.2. The van der Waals surface area contributed by atoms with Crippen LogP contribution in [0.15, 0.2) is 0 Å². The molecular formula is C11H14ClFN2O5. The van der Waals surface area contributed by atoms with E-state index >= 15 is 0 Å². The van der Waals surface area contributed by atoms with Gasteiger partial charge in [-0.1, -0.05) is 0 Å². The van der Waals surface area contributed by atoms with Crippen LogP contribution in [0.4, 0.5) is 4.39 Å². The molecule has 0 heterocycles. The lowest BCUT2D eigenvalue weighted by Gasteiger charge is -2.29. The van der Waals surface area contributed by atoms with Crippen molar-refractivity contribution >= 4 is 29.6 Å². The molecular weight excluding hydrogens is 295 g/mol. The quantitative estimate of drug-likeness (QED) is 0.520.